The van der Waals surface area contributed by atoms with Crippen LogP contribution in [0, 0.1) is 22.5 Å². The van der Waals surface area contributed by atoms with Crippen molar-refractivity contribution in [3.8, 4) is 5.75 Å². The fourth-order valence-corrected chi connectivity index (χ4v) is 7.06. The first-order valence-electron chi connectivity index (χ1n) is 17.6. The van der Waals surface area contributed by atoms with Crippen molar-refractivity contribution in [1.29, 1.82) is 5.41 Å². The van der Waals surface area contributed by atoms with Gasteiger partial charge in [-0.2, -0.15) is 21.6 Å². The van der Waals surface area contributed by atoms with Gasteiger partial charge in [-0.05, 0) is 30.7 Å². The molecule has 4 rings (SSSR count). The van der Waals surface area contributed by atoms with Crippen molar-refractivity contribution in [2.45, 2.75) is 46.5 Å². The Labute approximate surface area is 339 Å². The van der Waals surface area contributed by atoms with Crippen molar-refractivity contribution < 1.29 is 54.0 Å². The molecule has 3 aromatic rings. The van der Waals surface area contributed by atoms with Gasteiger partial charge in [-0.1, -0.05) is 69.3 Å². The fraction of sp³-hybridized carbons (Fsp3) is 0.350. The minimum Gasteiger partial charge on any atom is -0.494 e. The second-order valence-electron chi connectivity index (χ2n) is 14.5. The van der Waals surface area contributed by atoms with Crippen molar-refractivity contribution in [2.24, 2.45) is 5.41 Å². The second kappa shape index (κ2) is 18.7. The summed E-state index contributed by atoms with van der Waals surface area (Å²) in [6.07, 6.45) is -5.06. The Morgan fingerprint density at radius 2 is 1.47 bits per heavy atom. The molecule has 1 aliphatic rings. The van der Waals surface area contributed by atoms with E-state index in [1.165, 1.54) is 70.2 Å². The monoisotopic (exact) mass is 848 g/mol. The van der Waals surface area contributed by atoms with Crippen molar-refractivity contribution in [2.75, 3.05) is 41.8 Å². The molecule has 0 fully saturated rings. The molecule has 0 aromatic heterocycles. The van der Waals surface area contributed by atoms with E-state index < -0.39 is 81.2 Å². The SMILES string of the molecule is CN(C)C(=N)N(C)C.COc1cccc(C2=C(C)N(Cc3c(F)cccc3C(F)(F)F)C(=C=O)N(C[C@@H](c3ccccc3)N(C(=O)C(C)(C)C)S(=O)(=O)O)C2=C=O)c1F. The summed E-state index contributed by atoms with van der Waals surface area (Å²) in [6.45, 7) is 3.45. The number of hydrogen-bond donors (Lipinski definition) is 2. The van der Waals surface area contributed by atoms with Crippen LogP contribution in [0.3, 0.4) is 0 Å². The topological polar surface area (TPSA) is 155 Å². The number of alkyl halides is 3. The van der Waals surface area contributed by atoms with Crippen LogP contribution in [-0.2, 0) is 37.4 Å². The lowest BCUT2D eigenvalue weighted by Gasteiger charge is -2.43. The molecule has 2 N–H and O–H groups in total. The predicted octanol–water partition coefficient (Wildman–Crippen LogP) is 6.39. The van der Waals surface area contributed by atoms with E-state index in [0.29, 0.717) is 12.0 Å². The first kappa shape index (κ1) is 47.4. The Kier molecular flexibility index (Phi) is 15.0. The van der Waals surface area contributed by atoms with Crippen LogP contribution in [0.2, 0.25) is 0 Å². The van der Waals surface area contributed by atoms with E-state index in [1.54, 1.807) is 27.7 Å². The molecule has 1 amide bonds. The molecule has 0 spiro atoms. The molecule has 0 saturated carbocycles. The summed E-state index contributed by atoms with van der Waals surface area (Å²) in [5.41, 5.74) is -5.26. The third-order valence-corrected chi connectivity index (χ3v) is 9.84. The van der Waals surface area contributed by atoms with E-state index in [4.69, 9.17) is 10.1 Å². The van der Waals surface area contributed by atoms with E-state index in [1.807, 2.05) is 28.2 Å². The van der Waals surface area contributed by atoms with Crippen molar-refractivity contribution in [3.05, 3.63) is 118 Å². The average Bonchev–Trinajstić information content (AvgIpc) is 3.15. The molecular weight excluding hydrogens is 804 g/mol. The summed E-state index contributed by atoms with van der Waals surface area (Å²) in [5.74, 6) is -0.831. The van der Waals surface area contributed by atoms with Crippen LogP contribution in [0.5, 0.6) is 5.75 Å². The number of rotatable bonds is 9. The smallest absolute Gasteiger partial charge is 0.416 e. The number of carbonyl (C=O) groups excluding carboxylic acids is 3. The normalized spacial score (nSPS) is 13.8. The molecule has 0 unspecified atom stereocenters. The zero-order chi connectivity index (χ0) is 44.8. The molecule has 0 aliphatic carbocycles. The van der Waals surface area contributed by atoms with Gasteiger partial charge in [-0.15, -0.1) is 0 Å². The van der Waals surface area contributed by atoms with Gasteiger partial charge >= 0.3 is 16.5 Å². The summed E-state index contributed by atoms with van der Waals surface area (Å²) in [4.78, 5) is 44.6. The van der Waals surface area contributed by atoms with E-state index >= 15 is 8.78 Å². The number of benzene rings is 3. The molecule has 1 atom stereocenters. The molecule has 19 heteroatoms. The molecule has 318 valence electrons. The largest absolute Gasteiger partial charge is 0.494 e. The number of amides is 1. The quantitative estimate of drug-likeness (QED) is 0.0810. The van der Waals surface area contributed by atoms with Crippen molar-refractivity contribution in [3.63, 3.8) is 0 Å². The van der Waals surface area contributed by atoms with Gasteiger partial charge < -0.3 is 24.3 Å². The number of allylic oxidation sites excluding steroid dienone is 2. The van der Waals surface area contributed by atoms with Crippen LogP contribution < -0.4 is 4.74 Å². The van der Waals surface area contributed by atoms with Gasteiger partial charge in [0, 0.05) is 56.0 Å². The predicted molar refractivity (Wildman–Crippen MR) is 210 cm³/mol. The Hall–Kier alpha value is -6.00. The summed E-state index contributed by atoms with van der Waals surface area (Å²) in [7, 11) is 3.14. The highest BCUT2D eigenvalue weighted by atomic mass is 32.2. The molecular formula is C40H45F5N6O7S. The van der Waals surface area contributed by atoms with Gasteiger partial charge in [0.25, 0.3) is 0 Å². The van der Waals surface area contributed by atoms with Crippen LogP contribution in [0.25, 0.3) is 5.57 Å². The summed E-state index contributed by atoms with van der Waals surface area (Å²) in [6, 6.07) is 11.5. The lowest BCUT2D eigenvalue weighted by atomic mass is 9.93. The van der Waals surface area contributed by atoms with Crippen LogP contribution >= 0.6 is 0 Å². The Balaban J connectivity index is 0.00000105. The first-order chi connectivity index (χ1) is 27.3. The van der Waals surface area contributed by atoms with Crippen LogP contribution in [0.4, 0.5) is 22.0 Å². The standard InChI is InChI=1S/C35H32F5N3O7S.C5H13N3/c1-21-31(23-13-9-16-29(50-5)32(23)37)28(19-44)42(30(20-45)41(21)17-24-25(35(38,39)40)14-10-15-26(24)36)18-27(22-11-7-6-8-12-22)43(51(47,48)49)33(46)34(2,3)4;1-7(2)5(6)8(3)4/h6-16,27H,17-18H2,1-5H3,(H,47,48,49);6H,1-4H3/t27-;/m0./s1. The molecule has 1 aliphatic heterocycles. The first-order valence-corrected chi connectivity index (χ1v) is 19.0. The highest BCUT2D eigenvalue weighted by Crippen LogP contribution is 2.44. The zero-order valence-corrected chi connectivity index (χ0v) is 34.6. The maximum atomic E-state index is 15.9. The molecule has 0 radical (unpaired) electrons. The van der Waals surface area contributed by atoms with Gasteiger partial charge in [0.05, 0.1) is 31.8 Å². The lowest BCUT2D eigenvalue weighted by molar-refractivity contribution is -0.138. The van der Waals surface area contributed by atoms with E-state index in [0.717, 1.165) is 29.0 Å². The lowest BCUT2D eigenvalue weighted by Crippen LogP contribution is -2.50. The summed E-state index contributed by atoms with van der Waals surface area (Å²) in [5, 5.41) is 7.25. The van der Waals surface area contributed by atoms with Crippen LogP contribution in [0.15, 0.2) is 83.9 Å². The van der Waals surface area contributed by atoms with Gasteiger partial charge in [-0.3, -0.25) is 14.8 Å². The number of ether oxygens (including phenoxy) is 1. The molecule has 59 heavy (non-hydrogen) atoms. The Bertz CT molecular complexity index is 2290. The van der Waals surface area contributed by atoms with Crippen LogP contribution in [0.1, 0.15) is 56.0 Å². The minimum atomic E-state index is -5.41. The number of carbonyl (C=O) groups is 1. The van der Waals surface area contributed by atoms with Crippen molar-refractivity contribution >= 4 is 39.6 Å². The van der Waals surface area contributed by atoms with Gasteiger partial charge in [0.2, 0.25) is 11.7 Å². The van der Waals surface area contributed by atoms with Gasteiger partial charge in [0.15, 0.2) is 29.4 Å². The number of guanidine groups is 1. The molecule has 0 bridgehead atoms. The van der Waals surface area contributed by atoms with E-state index in [9.17, 15) is 40.5 Å². The number of hydrogen-bond acceptors (Lipinski definition) is 9. The van der Waals surface area contributed by atoms with Gasteiger partial charge in [-0.25, -0.2) is 22.7 Å². The number of methoxy groups -OCH3 is 1. The minimum absolute atomic E-state index is 0.0589. The highest BCUT2D eigenvalue weighted by Gasteiger charge is 2.45. The number of halogens is 5. The zero-order valence-electron chi connectivity index (χ0n) is 33.8. The number of nitrogens with zero attached hydrogens (tertiary/aromatic N) is 5. The maximum absolute atomic E-state index is 15.9. The Morgan fingerprint density at radius 3 is 1.93 bits per heavy atom. The van der Waals surface area contributed by atoms with Gasteiger partial charge in [0.1, 0.15) is 11.5 Å². The third-order valence-electron chi connectivity index (χ3n) is 8.93. The van der Waals surface area contributed by atoms with Crippen LogP contribution in [-0.4, -0.2) is 102 Å². The maximum Gasteiger partial charge on any atom is 0.416 e. The molecule has 0 saturated heterocycles. The molecule has 1 heterocycles. The average molecular weight is 849 g/mol. The highest BCUT2D eigenvalue weighted by molar-refractivity contribution is 7.84. The second-order valence-corrected chi connectivity index (χ2v) is 15.8. The van der Waals surface area contributed by atoms with E-state index in [2.05, 4.69) is 0 Å². The third kappa shape index (κ3) is 10.7. The molecule has 3 aromatic carbocycles. The van der Waals surface area contributed by atoms with Crippen molar-refractivity contribution in [1.82, 2.24) is 23.9 Å². The van der Waals surface area contributed by atoms with E-state index in [-0.39, 0.29) is 32.5 Å². The Morgan fingerprint density at radius 1 is 0.898 bits per heavy atom. The molecule has 13 nitrogen and oxygen atoms in total. The summed E-state index contributed by atoms with van der Waals surface area (Å²) >= 11 is 0. The summed E-state index contributed by atoms with van der Waals surface area (Å²) < 4.78 is 115. The number of nitrogens with one attached hydrogen (secondary N) is 1. The fourth-order valence-electron chi connectivity index (χ4n) is 6.07.